The lowest BCUT2D eigenvalue weighted by Crippen LogP contribution is -2.52. The lowest BCUT2D eigenvalue weighted by atomic mass is 9.94. The molecule has 1 aromatic rings. The normalized spacial score (nSPS) is 27.9. The maximum absolute atomic E-state index is 13.1. The van der Waals surface area contributed by atoms with Gasteiger partial charge in [-0.05, 0) is 50.9 Å². The maximum atomic E-state index is 13.1. The summed E-state index contributed by atoms with van der Waals surface area (Å²) in [4.78, 5) is 2.61. The van der Waals surface area contributed by atoms with E-state index in [9.17, 15) is 4.39 Å². The molecule has 0 amide bonds. The van der Waals surface area contributed by atoms with E-state index in [-0.39, 0.29) is 5.82 Å². The van der Waals surface area contributed by atoms with Crippen LogP contribution in [0.5, 0.6) is 0 Å². The molecular weight excluding hydrogens is 267 g/mol. The standard InChI is InChI=1S/C16H25FN4/c1-16(6-7-19-11-16)21-8-4-13(5-9-21)20-15-3-2-12(17)10-14(15)18/h2-3,10,13,19-20H,4-9,11,18H2,1H3. The summed E-state index contributed by atoms with van der Waals surface area (Å²) in [6.07, 6.45) is 3.44. The zero-order valence-electron chi connectivity index (χ0n) is 12.7. The number of halogens is 1. The van der Waals surface area contributed by atoms with Gasteiger partial charge in [0.2, 0.25) is 0 Å². The van der Waals surface area contributed by atoms with Gasteiger partial charge in [-0.3, -0.25) is 4.90 Å². The fourth-order valence-corrected chi connectivity index (χ4v) is 3.52. The third-order valence-electron chi connectivity index (χ3n) is 4.98. The molecule has 0 aromatic heterocycles. The first-order valence-electron chi connectivity index (χ1n) is 7.84. The van der Waals surface area contributed by atoms with Crippen LogP contribution in [0.4, 0.5) is 15.8 Å². The number of piperidine rings is 1. The second-order valence-corrected chi connectivity index (χ2v) is 6.56. The van der Waals surface area contributed by atoms with Crippen LogP contribution in [-0.2, 0) is 0 Å². The van der Waals surface area contributed by atoms with E-state index < -0.39 is 0 Å². The molecule has 1 aromatic carbocycles. The molecule has 0 saturated carbocycles. The van der Waals surface area contributed by atoms with Crippen molar-refractivity contribution in [1.29, 1.82) is 0 Å². The summed E-state index contributed by atoms with van der Waals surface area (Å²) >= 11 is 0. The number of nitrogens with one attached hydrogen (secondary N) is 2. The Balaban J connectivity index is 1.56. The molecule has 1 unspecified atom stereocenters. The smallest absolute Gasteiger partial charge is 0.125 e. The van der Waals surface area contributed by atoms with Crippen molar-refractivity contribution in [2.75, 3.05) is 37.2 Å². The molecule has 3 rings (SSSR count). The number of anilines is 2. The van der Waals surface area contributed by atoms with Crippen LogP contribution in [0.25, 0.3) is 0 Å². The molecule has 0 spiro atoms. The largest absolute Gasteiger partial charge is 0.397 e. The van der Waals surface area contributed by atoms with Gasteiger partial charge in [0.15, 0.2) is 0 Å². The van der Waals surface area contributed by atoms with Crippen LogP contribution < -0.4 is 16.4 Å². The number of nitrogen functional groups attached to an aromatic ring is 1. The molecule has 2 aliphatic heterocycles. The third-order valence-corrected chi connectivity index (χ3v) is 4.98. The zero-order valence-corrected chi connectivity index (χ0v) is 12.7. The molecule has 0 bridgehead atoms. The fourth-order valence-electron chi connectivity index (χ4n) is 3.52. The minimum atomic E-state index is -0.283. The van der Waals surface area contributed by atoms with Gasteiger partial charge < -0.3 is 16.4 Å². The molecule has 1 atom stereocenters. The summed E-state index contributed by atoms with van der Waals surface area (Å²) in [7, 11) is 0. The summed E-state index contributed by atoms with van der Waals surface area (Å²) in [5.74, 6) is -0.283. The highest BCUT2D eigenvalue weighted by atomic mass is 19.1. The van der Waals surface area contributed by atoms with Gasteiger partial charge in [0.1, 0.15) is 5.82 Å². The molecule has 116 valence electrons. The average Bonchev–Trinajstić information content (AvgIpc) is 2.91. The third kappa shape index (κ3) is 3.14. The number of nitrogens with two attached hydrogens (primary N) is 1. The van der Waals surface area contributed by atoms with Crippen molar-refractivity contribution in [2.24, 2.45) is 0 Å². The average molecular weight is 292 g/mol. The molecule has 2 saturated heterocycles. The van der Waals surface area contributed by atoms with Crippen LogP contribution >= 0.6 is 0 Å². The summed E-state index contributed by atoms with van der Waals surface area (Å²) in [6, 6.07) is 4.99. The Labute approximate surface area is 125 Å². The number of rotatable bonds is 3. The summed E-state index contributed by atoms with van der Waals surface area (Å²) in [6.45, 7) is 6.80. The fraction of sp³-hybridized carbons (Fsp3) is 0.625. The number of hydrogen-bond acceptors (Lipinski definition) is 4. The molecule has 2 heterocycles. The Morgan fingerprint density at radius 1 is 1.38 bits per heavy atom. The van der Waals surface area contributed by atoms with Crippen molar-refractivity contribution >= 4 is 11.4 Å². The van der Waals surface area contributed by atoms with E-state index >= 15 is 0 Å². The van der Waals surface area contributed by atoms with E-state index in [2.05, 4.69) is 22.5 Å². The second kappa shape index (κ2) is 5.81. The predicted molar refractivity (Wildman–Crippen MR) is 84.9 cm³/mol. The van der Waals surface area contributed by atoms with Gasteiger partial charge >= 0.3 is 0 Å². The van der Waals surface area contributed by atoms with Gasteiger partial charge in [0, 0.05) is 31.2 Å². The topological polar surface area (TPSA) is 53.3 Å². The molecule has 21 heavy (non-hydrogen) atoms. The molecule has 2 aliphatic rings. The molecule has 4 N–H and O–H groups in total. The van der Waals surface area contributed by atoms with Crippen LogP contribution in [0.1, 0.15) is 26.2 Å². The highest BCUT2D eigenvalue weighted by Crippen LogP contribution is 2.28. The van der Waals surface area contributed by atoms with Crippen molar-refractivity contribution < 1.29 is 4.39 Å². The Hall–Kier alpha value is -1.33. The monoisotopic (exact) mass is 292 g/mol. The van der Waals surface area contributed by atoms with Crippen LogP contribution in [0.3, 0.4) is 0 Å². The van der Waals surface area contributed by atoms with E-state index in [1.54, 1.807) is 6.07 Å². The van der Waals surface area contributed by atoms with Gasteiger partial charge in [-0.1, -0.05) is 0 Å². The minimum absolute atomic E-state index is 0.283. The van der Waals surface area contributed by atoms with E-state index in [1.165, 1.54) is 18.6 Å². The van der Waals surface area contributed by atoms with Crippen LogP contribution in [0.15, 0.2) is 18.2 Å². The van der Waals surface area contributed by atoms with E-state index in [0.717, 1.165) is 44.7 Å². The minimum Gasteiger partial charge on any atom is -0.397 e. The van der Waals surface area contributed by atoms with E-state index in [0.29, 0.717) is 17.3 Å². The molecule has 2 fully saturated rings. The Kier molecular flexibility index (Phi) is 4.04. The molecule has 0 radical (unpaired) electrons. The number of hydrogen-bond donors (Lipinski definition) is 3. The van der Waals surface area contributed by atoms with Gasteiger partial charge in [0.25, 0.3) is 0 Å². The van der Waals surface area contributed by atoms with Crippen molar-refractivity contribution in [3.63, 3.8) is 0 Å². The summed E-state index contributed by atoms with van der Waals surface area (Å²) in [5.41, 5.74) is 7.53. The van der Waals surface area contributed by atoms with Crippen molar-refractivity contribution in [3.05, 3.63) is 24.0 Å². The first-order chi connectivity index (χ1) is 10.1. The molecule has 5 heteroatoms. The van der Waals surface area contributed by atoms with Gasteiger partial charge in [-0.15, -0.1) is 0 Å². The van der Waals surface area contributed by atoms with Crippen molar-refractivity contribution in [2.45, 2.75) is 37.8 Å². The number of likely N-dealkylation sites (tertiary alicyclic amines) is 1. The predicted octanol–water partition coefficient (Wildman–Crippen LogP) is 2.04. The number of nitrogens with zero attached hydrogens (tertiary/aromatic N) is 1. The second-order valence-electron chi connectivity index (χ2n) is 6.56. The molecule has 4 nitrogen and oxygen atoms in total. The number of benzene rings is 1. The highest BCUT2D eigenvalue weighted by molar-refractivity contribution is 5.66. The first kappa shape index (κ1) is 14.6. The highest BCUT2D eigenvalue weighted by Gasteiger charge is 2.36. The van der Waals surface area contributed by atoms with Crippen LogP contribution in [-0.4, -0.2) is 42.7 Å². The quantitative estimate of drug-likeness (QED) is 0.746. The lowest BCUT2D eigenvalue weighted by Gasteiger charge is -2.43. The Bertz CT molecular complexity index is 491. The van der Waals surface area contributed by atoms with Crippen molar-refractivity contribution in [3.8, 4) is 0 Å². The maximum Gasteiger partial charge on any atom is 0.125 e. The zero-order chi connectivity index (χ0) is 14.9. The van der Waals surface area contributed by atoms with Crippen molar-refractivity contribution in [1.82, 2.24) is 10.2 Å². The van der Waals surface area contributed by atoms with Gasteiger partial charge in [-0.25, -0.2) is 4.39 Å². The van der Waals surface area contributed by atoms with Gasteiger partial charge in [0.05, 0.1) is 11.4 Å². The van der Waals surface area contributed by atoms with Crippen LogP contribution in [0.2, 0.25) is 0 Å². The van der Waals surface area contributed by atoms with Gasteiger partial charge in [-0.2, -0.15) is 0 Å². The SMILES string of the molecule is CC1(N2CCC(Nc3ccc(F)cc3N)CC2)CCNC1. The molecular formula is C16H25FN4. The first-order valence-corrected chi connectivity index (χ1v) is 7.84. The Morgan fingerprint density at radius 2 is 2.14 bits per heavy atom. The molecule has 0 aliphatic carbocycles. The lowest BCUT2D eigenvalue weighted by molar-refractivity contribution is 0.0922. The summed E-state index contributed by atoms with van der Waals surface area (Å²) in [5, 5.41) is 6.93. The Morgan fingerprint density at radius 3 is 2.76 bits per heavy atom. The van der Waals surface area contributed by atoms with E-state index in [1.807, 2.05) is 0 Å². The van der Waals surface area contributed by atoms with E-state index in [4.69, 9.17) is 5.73 Å². The van der Waals surface area contributed by atoms with Crippen LogP contribution in [0, 0.1) is 5.82 Å². The summed E-state index contributed by atoms with van der Waals surface area (Å²) < 4.78 is 13.1.